The highest BCUT2D eigenvalue weighted by atomic mass is 28.4. The van der Waals surface area contributed by atoms with Gasteiger partial charge < -0.3 is 8.85 Å². The molecule has 0 N–H and O–H groups in total. The number of hydrogen-bond donors (Lipinski definition) is 0. The molecule has 27 heavy (non-hydrogen) atoms. The fourth-order valence-corrected chi connectivity index (χ4v) is 6.63. The molecule has 0 aliphatic heterocycles. The Bertz CT molecular complexity index is 588. The Morgan fingerprint density at radius 1 is 0.741 bits per heavy atom. The Morgan fingerprint density at radius 2 is 1.26 bits per heavy atom. The van der Waals surface area contributed by atoms with Crippen LogP contribution in [0.15, 0.2) is 60.7 Å². The van der Waals surface area contributed by atoms with E-state index in [1.54, 1.807) is 0 Å². The minimum atomic E-state index is -2.74. The molecule has 1 unspecified atom stereocenters. The van der Waals surface area contributed by atoms with Gasteiger partial charge in [0.1, 0.15) is 0 Å². The third kappa shape index (κ3) is 6.30. The molecule has 3 heteroatoms. The predicted molar refractivity (Wildman–Crippen MR) is 118 cm³/mol. The number of rotatable bonds is 12. The lowest BCUT2D eigenvalue weighted by Gasteiger charge is -2.35. The van der Waals surface area contributed by atoms with Gasteiger partial charge in [0.25, 0.3) is 0 Å². The van der Waals surface area contributed by atoms with E-state index in [4.69, 9.17) is 8.85 Å². The normalized spacial score (nSPS) is 13.1. The molecule has 2 nitrogen and oxygen atoms in total. The van der Waals surface area contributed by atoms with Gasteiger partial charge in [0.15, 0.2) is 0 Å². The molecule has 2 aromatic rings. The van der Waals surface area contributed by atoms with E-state index in [9.17, 15) is 0 Å². The average Bonchev–Trinajstić information content (AvgIpc) is 2.70. The SMILES string of the molecule is CCCCCCCO[Si](OC(C)C(C)C)(c1ccccc1)c1ccccc1. The standard InChI is InChI=1S/C24H36O2Si/c1-5-6-7-8-15-20-25-27(26-22(4)21(2)3,23-16-11-9-12-17-23)24-18-13-10-14-19-24/h9-14,16-19,21-22H,5-8,15,20H2,1-4H3. The van der Waals surface area contributed by atoms with Crippen molar-refractivity contribution >= 4 is 18.9 Å². The fraction of sp³-hybridized carbons (Fsp3) is 0.500. The van der Waals surface area contributed by atoms with Crippen molar-refractivity contribution in [1.82, 2.24) is 0 Å². The van der Waals surface area contributed by atoms with Gasteiger partial charge in [0, 0.05) is 12.7 Å². The van der Waals surface area contributed by atoms with Crippen molar-refractivity contribution < 1.29 is 8.85 Å². The van der Waals surface area contributed by atoms with Crippen LogP contribution in [0.4, 0.5) is 0 Å². The summed E-state index contributed by atoms with van der Waals surface area (Å²) in [6.07, 6.45) is 6.31. The first-order valence-corrected chi connectivity index (χ1v) is 12.3. The summed E-state index contributed by atoms with van der Waals surface area (Å²) in [4.78, 5) is 0. The maximum absolute atomic E-state index is 6.82. The molecule has 0 saturated heterocycles. The first kappa shape index (κ1) is 21.9. The van der Waals surface area contributed by atoms with Crippen molar-refractivity contribution in [2.45, 2.75) is 65.9 Å². The van der Waals surface area contributed by atoms with E-state index in [1.807, 2.05) is 0 Å². The van der Waals surface area contributed by atoms with Gasteiger partial charge in [-0.1, -0.05) is 107 Å². The van der Waals surface area contributed by atoms with Gasteiger partial charge in [0.2, 0.25) is 0 Å². The molecule has 2 aromatic carbocycles. The van der Waals surface area contributed by atoms with E-state index < -0.39 is 8.56 Å². The van der Waals surface area contributed by atoms with E-state index >= 15 is 0 Å². The van der Waals surface area contributed by atoms with Gasteiger partial charge in [-0.15, -0.1) is 0 Å². The van der Waals surface area contributed by atoms with Gasteiger partial charge in [-0.05, 0) is 29.6 Å². The molecular formula is C24H36O2Si. The second kappa shape index (κ2) is 11.4. The highest BCUT2D eigenvalue weighted by Crippen LogP contribution is 2.18. The molecule has 0 radical (unpaired) electrons. The number of unbranched alkanes of at least 4 members (excludes halogenated alkanes) is 4. The first-order chi connectivity index (χ1) is 13.1. The molecule has 0 fully saturated rings. The molecule has 2 rings (SSSR count). The fourth-order valence-electron chi connectivity index (χ4n) is 3.14. The second-order valence-corrected chi connectivity index (χ2v) is 10.6. The Labute approximate surface area is 167 Å². The highest BCUT2D eigenvalue weighted by Gasteiger charge is 2.44. The quantitative estimate of drug-likeness (QED) is 0.365. The minimum Gasteiger partial charge on any atom is -0.388 e. The lowest BCUT2D eigenvalue weighted by atomic mass is 10.1. The van der Waals surface area contributed by atoms with Crippen LogP contribution in [0.3, 0.4) is 0 Å². The maximum Gasteiger partial charge on any atom is 0.407 e. The lowest BCUT2D eigenvalue weighted by Crippen LogP contribution is -2.65. The van der Waals surface area contributed by atoms with Gasteiger partial charge in [-0.3, -0.25) is 0 Å². The van der Waals surface area contributed by atoms with Crippen LogP contribution in [0, 0.1) is 5.92 Å². The van der Waals surface area contributed by atoms with Crippen molar-refractivity contribution in [2.75, 3.05) is 6.61 Å². The summed E-state index contributed by atoms with van der Waals surface area (Å²) in [7, 11) is -2.74. The van der Waals surface area contributed by atoms with Crippen molar-refractivity contribution in [1.29, 1.82) is 0 Å². The molecule has 0 aliphatic rings. The Morgan fingerprint density at radius 3 is 1.74 bits per heavy atom. The predicted octanol–water partition coefficient (Wildman–Crippen LogP) is 5.29. The summed E-state index contributed by atoms with van der Waals surface area (Å²) < 4.78 is 13.5. The smallest absolute Gasteiger partial charge is 0.388 e. The topological polar surface area (TPSA) is 18.5 Å². The first-order valence-electron chi connectivity index (χ1n) is 10.5. The zero-order valence-electron chi connectivity index (χ0n) is 17.5. The Kier molecular flexibility index (Phi) is 9.26. The van der Waals surface area contributed by atoms with Crippen LogP contribution < -0.4 is 10.4 Å². The van der Waals surface area contributed by atoms with Crippen LogP contribution in [0.5, 0.6) is 0 Å². The van der Waals surface area contributed by atoms with Crippen LogP contribution in [0.2, 0.25) is 0 Å². The van der Waals surface area contributed by atoms with Crippen molar-refractivity contribution in [3.63, 3.8) is 0 Å². The molecule has 1 atom stereocenters. The van der Waals surface area contributed by atoms with Crippen LogP contribution in [-0.4, -0.2) is 21.3 Å². The number of hydrogen-bond acceptors (Lipinski definition) is 2. The molecule has 0 heterocycles. The summed E-state index contributed by atoms with van der Waals surface area (Å²) in [6.45, 7) is 9.60. The van der Waals surface area contributed by atoms with Gasteiger partial charge in [0.05, 0.1) is 0 Å². The highest BCUT2D eigenvalue weighted by molar-refractivity contribution is 6.92. The van der Waals surface area contributed by atoms with Gasteiger partial charge in [-0.2, -0.15) is 0 Å². The van der Waals surface area contributed by atoms with Crippen molar-refractivity contribution in [3.05, 3.63) is 60.7 Å². The van der Waals surface area contributed by atoms with E-state index in [1.165, 1.54) is 36.1 Å². The monoisotopic (exact) mass is 384 g/mol. The second-order valence-electron chi connectivity index (χ2n) is 7.68. The summed E-state index contributed by atoms with van der Waals surface area (Å²) >= 11 is 0. The van der Waals surface area contributed by atoms with E-state index in [0.717, 1.165) is 13.0 Å². The molecule has 148 valence electrons. The summed E-state index contributed by atoms with van der Waals surface area (Å²) in [5.41, 5.74) is 0. The van der Waals surface area contributed by atoms with Crippen LogP contribution in [0.1, 0.15) is 59.8 Å². The Balaban J connectivity index is 2.31. The van der Waals surface area contributed by atoms with E-state index in [0.29, 0.717) is 5.92 Å². The van der Waals surface area contributed by atoms with Crippen molar-refractivity contribution in [3.8, 4) is 0 Å². The van der Waals surface area contributed by atoms with Crippen molar-refractivity contribution in [2.24, 2.45) is 5.92 Å². The van der Waals surface area contributed by atoms with E-state index in [2.05, 4.69) is 88.4 Å². The largest absolute Gasteiger partial charge is 0.407 e. The third-order valence-electron chi connectivity index (χ3n) is 5.15. The molecular weight excluding hydrogens is 348 g/mol. The molecule has 0 aliphatic carbocycles. The molecule has 0 amide bonds. The van der Waals surface area contributed by atoms with Crippen LogP contribution in [0.25, 0.3) is 0 Å². The summed E-state index contributed by atoms with van der Waals surface area (Å²) in [6, 6.07) is 21.2. The minimum absolute atomic E-state index is 0.136. The van der Waals surface area contributed by atoms with Gasteiger partial charge in [-0.25, -0.2) is 0 Å². The average molecular weight is 385 g/mol. The van der Waals surface area contributed by atoms with Gasteiger partial charge >= 0.3 is 8.56 Å². The lowest BCUT2D eigenvalue weighted by molar-refractivity contribution is 0.109. The molecule has 0 saturated carbocycles. The number of benzene rings is 2. The summed E-state index contributed by atoms with van der Waals surface area (Å²) in [5.74, 6) is 0.442. The Hall–Kier alpha value is -1.42. The molecule has 0 bridgehead atoms. The maximum atomic E-state index is 6.82. The third-order valence-corrected chi connectivity index (χ3v) is 8.65. The molecule has 0 spiro atoms. The van der Waals surface area contributed by atoms with E-state index in [-0.39, 0.29) is 6.10 Å². The zero-order chi connectivity index (χ0) is 19.5. The van der Waals surface area contributed by atoms with Crippen LogP contribution >= 0.6 is 0 Å². The summed E-state index contributed by atoms with van der Waals surface area (Å²) in [5, 5.41) is 2.38. The van der Waals surface area contributed by atoms with Crippen LogP contribution in [-0.2, 0) is 8.85 Å². The zero-order valence-corrected chi connectivity index (χ0v) is 18.5. The molecule has 0 aromatic heterocycles.